The first-order valence-corrected chi connectivity index (χ1v) is 8.30. The summed E-state index contributed by atoms with van der Waals surface area (Å²) in [4.78, 5) is 24.3. The average Bonchev–Trinajstić information content (AvgIpc) is 2.57. The highest BCUT2D eigenvalue weighted by Crippen LogP contribution is 2.49. The van der Waals surface area contributed by atoms with E-state index in [0.717, 1.165) is 25.2 Å². The van der Waals surface area contributed by atoms with Crippen molar-refractivity contribution in [3.8, 4) is 0 Å². The highest BCUT2D eigenvalue weighted by molar-refractivity contribution is 5.99. The molecule has 114 valence electrons. The van der Waals surface area contributed by atoms with Crippen LogP contribution in [0.3, 0.4) is 0 Å². The Labute approximate surface area is 122 Å². The first kappa shape index (κ1) is 15.5. The van der Waals surface area contributed by atoms with E-state index in [1.54, 1.807) is 0 Å². The van der Waals surface area contributed by atoms with Crippen LogP contribution in [0.25, 0.3) is 0 Å². The first-order valence-electron chi connectivity index (χ1n) is 8.30. The maximum absolute atomic E-state index is 12.3. The lowest BCUT2D eigenvalue weighted by Gasteiger charge is -2.43. The number of hydrogen-bond donors (Lipinski definition) is 1. The largest absolute Gasteiger partial charge is 0.296 e. The lowest BCUT2D eigenvalue weighted by atomic mass is 9.63. The Bertz CT molecular complexity index is 377. The van der Waals surface area contributed by atoms with E-state index in [4.69, 9.17) is 0 Å². The number of hydrogen-bond acceptors (Lipinski definition) is 2. The second kappa shape index (κ2) is 6.28. The number of carbonyl (C=O) groups is 2. The number of amides is 2. The molecule has 1 saturated carbocycles. The fourth-order valence-corrected chi connectivity index (χ4v) is 4.26. The van der Waals surface area contributed by atoms with Gasteiger partial charge in [-0.15, -0.1) is 0 Å². The molecule has 1 heterocycles. The summed E-state index contributed by atoms with van der Waals surface area (Å²) in [6.45, 7) is 6.60. The van der Waals surface area contributed by atoms with E-state index in [2.05, 4.69) is 26.1 Å². The van der Waals surface area contributed by atoms with Gasteiger partial charge in [-0.25, -0.2) is 0 Å². The molecule has 0 aromatic rings. The smallest absolute Gasteiger partial charge is 0.230 e. The van der Waals surface area contributed by atoms with Crippen LogP contribution in [-0.2, 0) is 9.59 Å². The quantitative estimate of drug-likeness (QED) is 0.801. The van der Waals surface area contributed by atoms with Crippen molar-refractivity contribution in [3.05, 3.63) is 0 Å². The second-order valence-corrected chi connectivity index (χ2v) is 7.34. The van der Waals surface area contributed by atoms with Gasteiger partial charge in [0.15, 0.2) is 0 Å². The van der Waals surface area contributed by atoms with Crippen LogP contribution in [0.1, 0.15) is 72.1 Å². The Hall–Kier alpha value is -0.860. The van der Waals surface area contributed by atoms with Crippen LogP contribution in [0.2, 0.25) is 0 Å². The van der Waals surface area contributed by atoms with Crippen molar-refractivity contribution >= 4 is 11.8 Å². The van der Waals surface area contributed by atoms with Crippen LogP contribution in [-0.4, -0.2) is 11.8 Å². The molecule has 1 saturated heterocycles. The molecule has 2 fully saturated rings. The van der Waals surface area contributed by atoms with Crippen molar-refractivity contribution < 1.29 is 9.59 Å². The lowest BCUT2D eigenvalue weighted by molar-refractivity contribution is -0.145. The molecular weight excluding hydrogens is 250 g/mol. The Kier molecular flexibility index (Phi) is 4.87. The summed E-state index contributed by atoms with van der Waals surface area (Å²) < 4.78 is 0. The molecule has 0 aromatic carbocycles. The summed E-state index contributed by atoms with van der Waals surface area (Å²) in [5, 5.41) is 2.57. The van der Waals surface area contributed by atoms with Gasteiger partial charge in [-0.2, -0.15) is 0 Å². The number of piperidine rings is 1. The highest BCUT2D eigenvalue weighted by atomic mass is 16.2. The first-order chi connectivity index (χ1) is 9.47. The molecule has 3 heteroatoms. The average molecular weight is 279 g/mol. The van der Waals surface area contributed by atoms with Gasteiger partial charge >= 0.3 is 0 Å². The van der Waals surface area contributed by atoms with Crippen molar-refractivity contribution in [3.63, 3.8) is 0 Å². The zero-order valence-corrected chi connectivity index (χ0v) is 13.2. The molecule has 3 nitrogen and oxygen atoms in total. The normalized spacial score (nSPS) is 35.2. The number of rotatable bonds is 3. The Morgan fingerprint density at radius 1 is 1.25 bits per heavy atom. The molecular formula is C17H29NO2. The Balaban J connectivity index is 2.22. The number of carbonyl (C=O) groups excluding carboxylic acids is 2. The molecule has 3 unspecified atom stereocenters. The molecule has 0 radical (unpaired) electrons. The van der Waals surface area contributed by atoms with E-state index in [0.29, 0.717) is 12.3 Å². The van der Waals surface area contributed by atoms with Gasteiger partial charge in [0.25, 0.3) is 0 Å². The van der Waals surface area contributed by atoms with Crippen LogP contribution in [0.15, 0.2) is 0 Å². The van der Waals surface area contributed by atoms with Crippen LogP contribution in [0.5, 0.6) is 0 Å². The van der Waals surface area contributed by atoms with Crippen LogP contribution < -0.4 is 5.32 Å². The summed E-state index contributed by atoms with van der Waals surface area (Å²) in [6.07, 6.45) is 8.44. The third-order valence-electron chi connectivity index (χ3n) is 5.45. The van der Waals surface area contributed by atoms with Gasteiger partial charge in [0.05, 0.1) is 0 Å². The van der Waals surface area contributed by atoms with E-state index in [1.807, 2.05) is 0 Å². The standard InChI is InChI=1S/C17H29NO2/c1-4-13-6-5-8-17(9-7-13)11-15(19)18-16(20)14(17)10-12(2)3/h12-14H,4-11H2,1-3H3,(H,18,19,20). The fourth-order valence-electron chi connectivity index (χ4n) is 4.26. The van der Waals surface area contributed by atoms with Gasteiger partial charge in [-0.3, -0.25) is 14.9 Å². The minimum atomic E-state index is -0.0510. The van der Waals surface area contributed by atoms with Gasteiger partial charge in [0.1, 0.15) is 0 Å². The van der Waals surface area contributed by atoms with Crippen molar-refractivity contribution in [2.24, 2.45) is 23.2 Å². The van der Waals surface area contributed by atoms with Crippen LogP contribution >= 0.6 is 0 Å². The maximum Gasteiger partial charge on any atom is 0.230 e. The van der Waals surface area contributed by atoms with Crippen molar-refractivity contribution in [1.29, 1.82) is 0 Å². The summed E-state index contributed by atoms with van der Waals surface area (Å²) >= 11 is 0. The molecule has 0 aromatic heterocycles. The number of nitrogens with one attached hydrogen (secondary N) is 1. The fraction of sp³-hybridized carbons (Fsp3) is 0.882. The Morgan fingerprint density at radius 2 is 2.00 bits per heavy atom. The van der Waals surface area contributed by atoms with E-state index in [9.17, 15) is 9.59 Å². The van der Waals surface area contributed by atoms with Gasteiger partial charge in [0, 0.05) is 12.3 Å². The summed E-state index contributed by atoms with van der Waals surface area (Å²) in [7, 11) is 0. The molecule has 2 aliphatic rings. The Morgan fingerprint density at radius 3 is 2.65 bits per heavy atom. The molecule has 1 N–H and O–H groups in total. The minimum Gasteiger partial charge on any atom is -0.296 e. The molecule has 1 aliphatic heterocycles. The van der Waals surface area contributed by atoms with Gasteiger partial charge in [-0.05, 0) is 42.9 Å². The third kappa shape index (κ3) is 3.24. The summed E-state index contributed by atoms with van der Waals surface area (Å²) in [6, 6.07) is 0. The van der Waals surface area contributed by atoms with Crippen LogP contribution in [0, 0.1) is 23.2 Å². The summed E-state index contributed by atoms with van der Waals surface area (Å²) in [5.41, 5.74) is -0.0480. The highest BCUT2D eigenvalue weighted by Gasteiger charge is 2.48. The molecule has 2 amide bonds. The zero-order valence-electron chi connectivity index (χ0n) is 13.2. The lowest BCUT2D eigenvalue weighted by Crippen LogP contribution is -2.52. The van der Waals surface area contributed by atoms with Gasteiger partial charge in [-0.1, -0.05) is 40.0 Å². The molecule has 0 bridgehead atoms. The van der Waals surface area contributed by atoms with Crippen LogP contribution in [0.4, 0.5) is 0 Å². The van der Waals surface area contributed by atoms with Crippen molar-refractivity contribution in [2.45, 2.75) is 72.1 Å². The van der Waals surface area contributed by atoms with E-state index < -0.39 is 0 Å². The van der Waals surface area contributed by atoms with Gasteiger partial charge < -0.3 is 0 Å². The monoisotopic (exact) mass is 279 g/mol. The number of imide groups is 1. The predicted octanol–water partition coefficient (Wildman–Crippen LogP) is 3.67. The van der Waals surface area contributed by atoms with E-state index in [-0.39, 0.29) is 23.1 Å². The molecule has 1 aliphatic carbocycles. The minimum absolute atomic E-state index is 0.00935. The van der Waals surface area contributed by atoms with Gasteiger partial charge in [0.2, 0.25) is 11.8 Å². The predicted molar refractivity (Wildman–Crippen MR) is 80.0 cm³/mol. The van der Waals surface area contributed by atoms with Crippen molar-refractivity contribution in [2.75, 3.05) is 0 Å². The molecule has 2 rings (SSSR count). The molecule has 20 heavy (non-hydrogen) atoms. The molecule has 3 atom stereocenters. The third-order valence-corrected chi connectivity index (χ3v) is 5.45. The van der Waals surface area contributed by atoms with E-state index >= 15 is 0 Å². The second-order valence-electron chi connectivity index (χ2n) is 7.34. The van der Waals surface area contributed by atoms with E-state index in [1.165, 1.54) is 25.7 Å². The SMILES string of the molecule is CCC1CCCC2(CC1)CC(=O)NC(=O)C2CC(C)C. The topological polar surface area (TPSA) is 46.2 Å². The van der Waals surface area contributed by atoms with Crippen molar-refractivity contribution in [1.82, 2.24) is 5.32 Å². The zero-order chi connectivity index (χ0) is 14.8. The molecule has 1 spiro atoms. The summed E-state index contributed by atoms with van der Waals surface area (Å²) in [5.74, 6) is 1.26. The maximum atomic E-state index is 12.3.